The van der Waals surface area contributed by atoms with Crippen molar-refractivity contribution >= 4 is 5.97 Å². The van der Waals surface area contributed by atoms with Crippen molar-refractivity contribution in [3.05, 3.63) is 47.3 Å². The highest BCUT2D eigenvalue weighted by Crippen LogP contribution is 2.10. The monoisotopic (exact) mass is 288 g/mol. The maximum absolute atomic E-state index is 11.6. The Balaban J connectivity index is 2.02. The highest BCUT2D eigenvalue weighted by Gasteiger charge is 2.19. The summed E-state index contributed by atoms with van der Waals surface area (Å²) in [4.78, 5) is 11.6. The Morgan fingerprint density at radius 2 is 2.05 bits per heavy atom. The summed E-state index contributed by atoms with van der Waals surface area (Å²) in [6.07, 6.45) is 2.44. The first kappa shape index (κ1) is 15.2. The van der Waals surface area contributed by atoms with Crippen LogP contribution in [0.4, 0.5) is 0 Å². The number of benzene rings is 1. The first-order valence-electron chi connectivity index (χ1n) is 7.01. The number of hydrogen-bond acceptors (Lipinski definition) is 5. The van der Waals surface area contributed by atoms with Crippen molar-refractivity contribution in [3.63, 3.8) is 0 Å². The van der Waals surface area contributed by atoms with Crippen LogP contribution < -0.4 is 5.73 Å². The predicted molar refractivity (Wildman–Crippen MR) is 78.9 cm³/mol. The van der Waals surface area contributed by atoms with Crippen LogP contribution in [0.5, 0.6) is 0 Å². The second-order valence-electron chi connectivity index (χ2n) is 4.73. The summed E-state index contributed by atoms with van der Waals surface area (Å²) >= 11 is 0. The van der Waals surface area contributed by atoms with Gasteiger partial charge < -0.3 is 10.5 Å². The smallest absolute Gasteiger partial charge is 0.360 e. The second kappa shape index (κ2) is 7.54. The number of ether oxygens (including phenoxy) is 1. The fraction of sp³-hybridized carbons (Fsp3) is 0.400. The van der Waals surface area contributed by atoms with Crippen LogP contribution in [-0.4, -0.2) is 34.6 Å². The number of aromatic nitrogens is 3. The molecule has 2 rings (SSSR count). The lowest BCUT2D eigenvalue weighted by Gasteiger charge is -2.06. The highest BCUT2D eigenvalue weighted by atomic mass is 16.5. The molecule has 112 valence electrons. The molecule has 0 unspecified atom stereocenters. The van der Waals surface area contributed by atoms with E-state index in [1.807, 2.05) is 18.2 Å². The summed E-state index contributed by atoms with van der Waals surface area (Å²) in [6, 6.07) is 10.3. The molecule has 0 amide bonds. The van der Waals surface area contributed by atoms with E-state index in [9.17, 15) is 4.79 Å². The first-order chi connectivity index (χ1) is 10.3. The van der Waals surface area contributed by atoms with Crippen LogP contribution in [0.1, 0.15) is 28.2 Å². The molecule has 6 nitrogen and oxygen atoms in total. The van der Waals surface area contributed by atoms with E-state index in [1.54, 1.807) is 4.68 Å². The number of carbonyl (C=O) groups is 1. The molecule has 2 N–H and O–H groups in total. The minimum atomic E-state index is -0.465. The molecule has 1 aromatic heterocycles. The Hall–Kier alpha value is -2.21. The Labute approximate surface area is 123 Å². The average Bonchev–Trinajstić information content (AvgIpc) is 2.91. The zero-order valence-electron chi connectivity index (χ0n) is 12.2. The van der Waals surface area contributed by atoms with Gasteiger partial charge in [0.15, 0.2) is 5.69 Å². The van der Waals surface area contributed by atoms with Crippen LogP contribution >= 0.6 is 0 Å². The number of carbonyl (C=O) groups excluding carboxylic acids is 1. The Morgan fingerprint density at radius 3 is 2.71 bits per heavy atom. The molecule has 0 fully saturated rings. The quantitative estimate of drug-likeness (QED) is 0.774. The van der Waals surface area contributed by atoms with Crippen molar-refractivity contribution in [2.75, 3.05) is 13.7 Å². The average molecular weight is 288 g/mol. The Morgan fingerprint density at radius 1 is 1.29 bits per heavy atom. The van der Waals surface area contributed by atoms with E-state index >= 15 is 0 Å². The predicted octanol–water partition coefficient (Wildman–Crippen LogP) is 1.20. The Bertz CT molecular complexity index is 581. The van der Waals surface area contributed by atoms with Gasteiger partial charge in [-0.05, 0) is 24.9 Å². The summed E-state index contributed by atoms with van der Waals surface area (Å²) in [7, 11) is 1.34. The molecule has 6 heteroatoms. The van der Waals surface area contributed by atoms with Gasteiger partial charge in [-0.1, -0.05) is 35.5 Å². The lowest BCUT2D eigenvalue weighted by molar-refractivity contribution is 0.0592. The third kappa shape index (κ3) is 3.88. The second-order valence-corrected chi connectivity index (χ2v) is 4.73. The van der Waals surface area contributed by atoms with Crippen LogP contribution in [0.15, 0.2) is 30.3 Å². The number of aryl methyl sites for hydroxylation is 2. The molecule has 1 aromatic carbocycles. The van der Waals surface area contributed by atoms with Crippen LogP contribution in [0.25, 0.3) is 0 Å². The van der Waals surface area contributed by atoms with E-state index in [1.165, 1.54) is 12.7 Å². The van der Waals surface area contributed by atoms with Crippen molar-refractivity contribution in [1.82, 2.24) is 15.0 Å². The summed E-state index contributed by atoms with van der Waals surface area (Å²) in [5.74, 6) is -0.465. The molecule has 21 heavy (non-hydrogen) atoms. The standard InChI is InChI=1S/C15H20N4O2/c1-21-15(20)14-13(9-10-16)19(18-17-14)11-5-8-12-6-3-2-4-7-12/h2-4,6-7H,5,8-11,16H2,1H3. The third-order valence-corrected chi connectivity index (χ3v) is 3.28. The maximum atomic E-state index is 11.6. The van der Waals surface area contributed by atoms with Crippen LogP contribution in [0.3, 0.4) is 0 Å². The van der Waals surface area contributed by atoms with Crippen molar-refractivity contribution in [3.8, 4) is 0 Å². The largest absolute Gasteiger partial charge is 0.464 e. The molecule has 2 aromatic rings. The molecule has 0 atom stereocenters. The molecule has 0 saturated carbocycles. The summed E-state index contributed by atoms with van der Waals surface area (Å²) in [6.45, 7) is 1.14. The molecule has 1 heterocycles. The summed E-state index contributed by atoms with van der Waals surface area (Å²) < 4.78 is 6.47. The van der Waals surface area contributed by atoms with Gasteiger partial charge in [-0.25, -0.2) is 9.48 Å². The van der Waals surface area contributed by atoms with E-state index < -0.39 is 5.97 Å². The van der Waals surface area contributed by atoms with Gasteiger partial charge in [0.05, 0.1) is 12.8 Å². The number of nitrogens with zero attached hydrogens (tertiary/aromatic N) is 3. The number of hydrogen-bond donors (Lipinski definition) is 1. The number of rotatable bonds is 7. The van der Waals surface area contributed by atoms with E-state index in [-0.39, 0.29) is 5.69 Å². The van der Waals surface area contributed by atoms with Gasteiger partial charge in [0.2, 0.25) is 0 Å². The van der Waals surface area contributed by atoms with E-state index in [2.05, 4.69) is 22.4 Å². The topological polar surface area (TPSA) is 83.0 Å². The van der Waals surface area contributed by atoms with Gasteiger partial charge in [-0.2, -0.15) is 0 Å². The fourth-order valence-electron chi connectivity index (χ4n) is 2.23. The molecular weight excluding hydrogens is 268 g/mol. The van der Waals surface area contributed by atoms with E-state index in [4.69, 9.17) is 10.5 Å². The van der Waals surface area contributed by atoms with Gasteiger partial charge in [0, 0.05) is 13.0 Å². The van der Waals surface area contributed by atoms with Crippen molar-refractivity contribution in [2.45, 2.75) is 25.8 Å². The van der Waals surface area contributed by atoms with Gasteiger partial charge in [0.25, 0.3) is 0 Å². The lowest BCUT2D eigenvalue weighted by Crippen LogP contribution is -2.14. The van der Waals surface area contributed by atoms with Crippen molar-refractivity contribution in [2.24, 2.45) is 5.73 Å². The molecule has 0 bridgehead atoms. The number of esters is 1. The maximum Gasteiger partial charge on any atom is 0.360 e. The Kier molecular flexibility index (Phi) is 5.45. The van der Waals surface area contributed by atoms with E-state index in [0.29, 0.717) is 19.5 Å². The van der Waals surface area contributed by atoms with Crippen LogP contribution in [0.2, 0.25) is 0 Å². The SMILES string of the molecule is COC(=O)c1nnn(CCCc2ccccc2)c1CCN. The summed E-state index contributed by atoms with van der Waals surface area (Å²) in [5.41, 5.74) is 7.90. The van der Waals surface area contributed by atoms with E-state index in [0.717, 1.165) is 18.5 Å². The van der Waals surface area contributed by atoms with Gasteiger partial charge in [-0.15, -0.1) is 5.10 Å². The fourth-order valence-corrected chi connectivity index (χ4v) is 2.23. The lowest BCUT2D eigenvalue weighted by atomic mass is 10.1. The highest BCUT2D eigenvalue weighted by molar-refractivity contribution is 5.88. The molecule has 0 saturated heterocycles. The van der Waals surface area contributed by atoms with Gasteiger partial charge in [0.1, 0.15) is 0 Å². The number of nitrogens with two attached hydrogens (primary N) is 1. The first-order valence-corrected chi connectivity index (χ1v) is 7.01. The third-order valence-electron chi connectivity index (χ3n) is 3.28. The number of methoxy groups -OCH3 is 1. The molecule has 0 spiro atoms. The van der Waals surface area contributed by atoms with Gasteiger partial charge >= 0.3 is 5.97 Å². The molecular formula is C15H20N4O2. The van der Waals surface area contributed by atoms with Crippen molar-refractivity contribution in [1.29, 1.82) is 0 Å². The molecule has 0 aliphatic carbocycles. The zero-order chi connectivity index (χ0) is 15.1. The normalized spacial score (nSPS) is 10.6. The van der Waals surface area contributed by atoms with Crippen LogP contribution in [-0.2, 0) is 24.1 Å². The van der Waals surface area contributed by atoms with Gasteiger partial charge in [-0.3, -0.25) is 0 Å². The molecule has 0 aliphatic heterocycles. The van der Waals surface area contributed by atoms with Crippen molar-refractivity contribution < 1.29 is 9.53 Å². The molecule has 0 aliphatic rings. The minimum absolute atomic E-state index is 0.266. The summed E-state index contributed by atoms with van der Waals surface area (Å²) in [5, 5.41) is 7.96. The minimum Gasteiger partial charge on any atom is -0.464 e. The molecule has 0 radical (unpaired) electrons. The van der Waals surface area contributed by atoms with Crippen LogP contribution in [0, 0.1) is 0 Å². The zero-order valence-corrected chi connectivity index (χ0v) is 12.2.